The van der Waals surface area contributed by atoms with Gasteiger partial charge in [-0.15, -0.1) is 11.3 Å². The average molecular weight is 410 g/mol. The van der Waals surface area contributed by atoms with E-state index >= 15 is 0 Å². The Morgan fingerprint density at radius 3 is 2.81 bits per heavy atom. The average Bonchev–Trinajstić information content (AvgIpc) is 3.28. The van der Waals surface area contributed by atoms with Gasteiger partial charge in [-0.2, -0.15) is 0 Å². The summed E-state index contributed by atoms with van der Waals surface area (Å²) >= 11 is 1.55. The van der Waals surface area contributed by atoms with Crippen LogP contribution >= 0.6 is 11.3 Å². The lowest BCUT2D eigenvalue weighted by Crippen LogP contribution is -2.42. The van der Waals surface area contributed by atoms with E-state index in [0.29, 0.717) is 19.6 Å². The first kappa shape index (κ1) is 19.9. The van der Waals surface area contributed by atoms with Crippen LogP contribution in [0.25, 0.3) is 0 Å². The summed E-state index contributed by atoms with van der Waals surface area (Å²) in [5, 5.41) is 1.95. The molecule has 0 aliphatic carbocycles. The number of nitrogens with zero attached hydrogens (tertiary/aromatic N) is 1. The minimum atomic E-state index is -3.07. The van der Waals surface area contributed by atoms with Gasteiger partial charge in [0.2, 0.25) is 5.91 Å². The van der Waals surface area contributed by atoms with Gasteiger partial charge in [0.15, 0.2) is 9.84 Å². The van der Waals surface area contributed by atoms with Gasteiger partial charge < -0.3 is 14.4 Å². The number of thiophene rings is 1. The largest absolute Gasteiger partial charge is 0.497 e. The lowest BCUT2D eigenvalue weighted by molar-refractivity contribution is -0.139. The van der Waals surface area contributed by atoms with Crippen molar-refractivity contribution < 1.29 is 22.7 Å². The van der Waals surface area contributed by atoms with Crippen molar-refractivity contribution >= 4 is 27.1 Å². The van der Waals surface area contributed by atoms with Gasteiger partial charge in [-0.1, -0.05) is 18.2 Å². The van der Waals surface area contributed by atoms with Crippen LogP contribution in [0.3, 0.4) is 0 Å². The Morgan fingerprint density at radius 1 is 1.30 bits per heavy atom. The topological polar surface area (TPSA) is 72.9 Å². The first-order chi connectivity index (χ1) is 13.0. The van der Waals surface area contributed by atoms with Crippen molar-refractivity contribution in [2.75, 3.05) is 25.2 Å². The van der Waals surface area contributed by atoms with Crippen LogP contribution < -0.4 is 4.74 Å². The van der Waals surface area contributed by atoms with Crippen molar-refractivity contribution in [3.63, 3.8) is 0 Å². The fourth-order valence-corrected chi connectivity index (χ4v) is 5.55. The van der Waals surface area contributed by atoms with Gasteiger partial charge in [-0.25, -0.2) is 8.42 Å². The standard InChI is InChI=1S/C19H23NO5S2/c1-24-17-5-2-4-15(10-17)12-25-13-19(21)20(11-18-6-3-8-26-18)16-7-9-27(22,23)14-16/h2-6,8,10,16H,7,9,11-14H2,1H3/t16-/m1/s1. The van der Waals surface area contributed by atoms with Crippen LogP contribution in [0.1, 0.15) is 16.9 Å². The maximum Gasteiger partial charge on any atom is 0.249 e. The van der Waals surface area contributed by atoms with Crippen molar-refractivity contribution in [2.24, 2.45) is 0 Å². The molecule has 1 amide bonds. The van der Waals surface area contributed by atoms with E-state index in [1.165, 1.54) is 0 Å². The highest BCUT2D eigenvalue weighted by atomic mass is 32.2. The van der Waals surface area contributed by atoms with Crippen LogP contribution in [0.4, 0.5) is 0 Å². The van der Waals surface area contributed by atoms with E-state index in [9.17, 15) is 13.2 Å². The van der Waals surface area contributed by atoms with E-state index in [0.717, 1.165) is 16.2 Å². The van der Waals surface area contributed by atoms with Crippen LogP contribution in [0.15, 0.2) is 41.8 Å². The number of amides is 1. The number of rotatable bonds is 8. The number of carbonyl (C=O) groups is 1. The Kier molecular flexibility index (Phi) is 6.51. The summed E-state index contributed by atoms with van der Waals surface area (Å²) in [4.78, 5) is 15.4. The van der Waals surface area contributed by atoms with E-state index < -0.39 is 9.84 Å². The summed E-state index contributed by atoms with van der Waals surface area (Å²) in [6, 6.07) is 11.1. The van der Waals surface area contributed by atoms with E-state index in [-0.39, 0.29) is 30.1 Å². The van der Waals surface area contributed by atoms with Crippen LogP contribution in [0.5, 0.6) is 5.75 Å². The fourth-order valence-electron chi connectivity index (χ4n) is 3.11. The lowest BCUT2D eigenvalue weighted by atomic mass is 10.2. The highest BCUT2D eigenvalue weighted by Gasteiger charge is 2.34. The number of hydrogen-bond donors (Lipinski definition) is 0. The molecule has 0 spiro atoms. The quantitative estimate of drug-likeness (QED) is 0.670. The molecule has 146 valence electrons. The van der Waals surface area contributed by atoms with Crippen LogP contribution in [0.2, 0.25) is 0 Å². The molecule has 2 aromatic rings. The van der Waals surface area contributed by atoms with Gasteiger partial charge in [0.25, 0.3) is 0 Å². The summed E-state index contributed by atoms with van der Waals surface area (Å²) in [6.07, 6.45) is 0.481. The third-order valence-corrected chi connectivity index (χ3v) is 7.12. The molecule has 1 aromatic heterocycles. The molecule has 1 fully saturated rings. The summed E-state index contributed by atoms with van der Waals surface area (Å²) in [7, 11) is -1.47. The highest BCUT2D eigenvalue weighted by molar-refractivity contribution is 7.91. The first-order valence-corrected chi connectivity index (χ1v) is 11.4. The first-order valence-electron chi connectivity index (χ1n) is 8.70. The van der Waals surface area contributed by atoms with Crippen LogP contribution in [-0.4, -0.2) is 50.5 Å². The van der Waals surface area contributed by atoms with Crippen LogP contribution in [-0.2, 0) is 32.5 Å². The molecule has 1 saturated heterocycles. The molecule has 3 rings (SSSR count). The molecule has 27 heavy (non-hydrogen) atoms. The van der Waals surface area contributed by atoms with E-state index in [2.05, 4.69) is 0 Å². The van der Waals surface area contributed by atoms with Crippen LogP contribution in [0, 0.1) is 0 Å². The van der Waals surface area contributed by atoms with Crippen molar-refractivity contribution in [3.8, 4) is 5.75 Å². The molecule has 0 saturated carbocycles. The number of carbonyl (C=O) groups excluding carboxylic acids is 1. The molecular weight excluding hydrogens is 386 g/mol. The Bertz CT molecular complexity index is 864. The second-order valence-electron chi connectivity index (χ2n) is 6.50. The van der Waals surface area contributed by atoms with E-state index in [1.807, 2.05) is 41.8 Å². The molecule has 0 N–H and O–H groups in total. The van der Waals surface area contributed by atoms with Crippen molar-refractivity contribution in [3.05, 3.63) is 52.2 Å². The van der Waals surface area contributed by atoms with Gasteiger partial charge in [-0.05, 0) is 35.6 Å². The predicted octanol–water partition coefficient (Wildman–Crippen LogP) is 2.49. The molecule has 1 aliphatic rings. The molecule has 0 unspecified atom stereocenters. The number of sulfone groups is 1. The molecule has 0 bridgehead atoms. The minimum absolute atomic E-state index is 0.0278. The molecule has 0 radical (unpaired) electrons. The maximum atomic E-state index is 12.8. The number of hydrogen-bond acceptors (Lipinski definition) is 6. The Hall–Kier alpha value is -1.90. The fraction of sp³-hybridized carbons (Fsp3) is 0.421. The normalized spacial score (nSPS) is 18.3. The highest BCUT2D eigenvalue weighted by Crippen LogP contribution is 2.22. The molecular formula is C19H23NO5S2. The van der Waals surface area contributed by atoms with Crippen molar-refractivity contribution in [2.45, 2.75) is 25.6 Å². The smallest absolute Gasteiger partial charge is 0.249 e. The Balaban J connectivity index is 1.61. The zero-order valence-corrected chi connectivity index (χ0v) is 16.8. The zero-order valence-electron chi connectivity index (χ0n) is 15.2. The van der Waals surface area contributed by atoms with E-state index in [4.69, 9.17) is 9.47 Å². The molecule has 8 heteroatoms. The Labute approximate surface area is 163 Å². The van der Waals surface area contributed by atoms with Gasteiger partial charge in [-0.3, -0.25) is 4.79 Å². The third-order valence-electron chi connectivity index (χ3n) is 4.50. The molecule has 1 aliphatic heterocycles. The zero-order chi connectivity index (χ0) is 19.3. The van der Waals surface area contributed by atoms with Gasteiger partial charge in [0.1, 0.15) is 12.4 Å². The predicted molar refractivity (Wildman–Crippen MR) is 105 cm³/mol. The maximum absolute atomic E-state index is 12.8. The summed E-state index contributed by atoms with van der Waals surface area (Å²) < 4.78 is 34.5. The SMILES string of the molecule is COc1cccc(COCC(=O)N(Cc2cccs2)[C@@H]2CCS(=O)(=O)C2)c1. The summed E-state index contributed by atoms with van der Waals surface area (Å²) in [6.45, 7) is 0.622. The van der Waals surface area contributed by atoms with Crippen molar-refractivity contribution in [1.82, 2.24) is 4.90 Å². The number of benzene rings is 1. The molecule has 1 atom stereocenters. The second-order valence-corrected chi connectivity index (χ2v) is 9.76. The summed E-state index contributed by atoms with van der Waals surface area (Å²) in [5.74, 6) is 0.711. The Morgan fingerprint density at radius 2 is 2.15 bits per heavy atom. The number of methoxy groups -OCH3 is 1. The second kappa shape index (κ2) is 8.86. The van der Waals surface area contributed by atoms with Gasteiger partial charge >= 0.3 is 0 Å². The third kappa shape index (κ3) is 5.54. The molecule has 6 nitrogen and oxygen atoms in total. The number of ether oxygens (including phenoxy) is 2. The van der Waals surface area contributed by atoms with Gasteiger partial charge in [0.05, 0.1) is 31.8 Å². The van der Waals surface area contributed by atoms with Gasteiger partial charge in [0, 0.05) is 10.9 Å². The molecule has 1 aromatic carbocycles. The summed E-state index contributed by atoms with van der Waals surface area (Å²) in [5.41, 5.74) is 0.912. The molecule has 2 heterocycles. The van der Waals surface area contributed by atoms with Crippen molar-refractivity contribution in [1.29, 1.82) is 0 Å². The van der Waals surface area contributed by atoms with E-state index in [1.54, 1.807) is 23.3 Å². The monoisotopic (exact) mass is 409 g/mol. The minimum Gasteiger partial charge on any atom is -0.497 e. The lowest BCUT2D eigenvalue weighted by Gasteiger charge is -2.28.